The maximum atomic E-state index is 11.9. The van der Waals surface area contributed by atoms with Crippen LogP contribution in [0.5, 0.6) is 0 Å². The smallest absolute Gasteiger partial charge is 0.273 e. The third-order valence-electron chi connectivity index (χ3n) is 2.99. The van der Waals surface area contributed by atoms with E-state index in [0.29, 0.717) is 16.9 Å². The second-order valence-corrected chi connectivity index (χ2v) is 4.96. The number of anilines is 1. The van der Waals surface area contributed by atoms with E-state index in [0.717, 1.165) is 0 Å². The van der Waals surface area contributed by atoms with Gasteiger partial charge in [-0.05, 0) is 35.9 Å². The number of methoxy groups -OCH3 is 1. The molecule has 2 rings (SSSR count). The topological polar surface area (TPSA) is 76.1 Å². The first-order valence-electron chi connectivity index (χ1n) is 7.05. The lowest BCUT2D eigenvalue weighted by Crippen LogP contribution is -2.22. The van der Waals surface area contributed by atoms with Crippen molar-refractivity contribution in [1.29, 1.82) is 0 Å². The Morgan fingerprint density at radius 2 is 2.08 bits per heavy atom. The van der Waals surface area contributed by atoms with Crippen LogP contribution in [0.25, 0.3) is 6.08 Å². The lowest BCUT2D eigenvalue weighted by atomic mass is 10.2. The molecule has 2 aromatic rings. The van der Waals surface area contributed by atoms with Crippen LogP contribution in [0.1, 0.15) is 11.3 Å². The molecule has 0 aliphatic heterocycles. The Bertz CT molecular complexity index is 809. The van der Waals surface area contributed by atoms with E-state index >= 15 is 0 Å². The standard InChI is InChI=1S/C15H17N3O3.C2H3Cl/c1-18-8-3-4-13(15(18)20)16-10-11-5-6-12(7-9-21-2)17-14(11)19;1-2-3/h3-9,16H,10H2,1-2H3,(H,17,19);2H,1H2/b9-7+;. The molecule has 2 aromatic heterocycles. The van der Waals surface area contributed by atoms with Gasteiger partial charge in [-0.2, -0.15) is 0 Å². The molecule has 0 bridgehead atoms. The third-order valence-corrected chi connectivity index (χ3v) is 2.99. The van der Waals surface area contributed by atoms with Gasteiger partial charge in [0.05, 0.1) is 13.4 Å². The summed E-state index contributed by atoms with van der Waals surface area (Å²) in [5.41, 5.74) is 2.56. The molecule has 0 fully saturated rings. The van der Waals surface area contributed by atoms with Gasteiger partial charge in [0.2, 0.25) is 0 Å². The largest absolute Gasteiger partial charge is 0.504 e. The summed E-state index contributed by atoms with van der Waals surface area (Å²) >= 11 is 4.76. The van der Waals surface area contributed by atoms with Crippen LogP contribution in [0.3, 0.4) is 0 Å². The monoisotopic (exact) mass is 349 g/mol. The molecule has 2 N–H and O–H groups in total. The highest BCUT2D eigenvalue weighted by Crippen LogP contribution is 2.02. The Hall–Kier alpha value is -2.73. The second-order valence-electron chi connectivity index (χ2n) is 4.65. The fraction of sp³-hybridized carbons (Fsp3) is 0.176. The molecule has 0 atom stereocenters. The van der Waals surface area contributed by atoms with E-state index in [1.54, 1.807) is 43.6 Å². The van der Waals surface area contributed by atoms with Crippen LogP contribution < -0.4 is 16.4 Å². The quantitative estimate of drug-likeness (QED) is 0.814. The van der Waals surface area contributed by atoms with E-state index < -0.39 is 0 Å². The van der Waals surface area contributed by atoms with Crippen LogP contribution in [-0.2, 0) is 18.3 Å². The molecule has 128 valence electrons. The van der Waals surface area contributed by atoms with Crippen LogP contribution in [-0.4, -0.2) is 16.7 Å². The molecule has 0 spiro atoms. The van der Waals surface area contributed by atoms with Crippen molar-refractivity contribution >= 4 is 23.4 Å². The zero-order valence-electron chi connectivity index (χ0n) is 13.6. The number of pyridine rings is 2. The van der Waals surface area contributed by atoms with Gasteiger partial charge in [0, 0.05) is 31.0 Å². The zero-order valence-corrected chi connectivity index (χ0v) is 14.3. The van der Waals surface area contributed by atoms with Gasteiger partial charge in [0.25, 0.3) is 11.1 Å². The van der Waals surface area contributed by atoms with Gasteiger partial charge in [-0.3, -0.25) is 9.59 Å². The predicted molar refractivity (Wildman–Crippen MR) is 98.2 cm³/mol. The SMILES string of the molecule is C=CCl.CO/C=C/c1ccc(CNc2cccn(C)c2=O)c(=O)[nH]1. The number of hydrogen-bond acceptors (Lipinski definition) is 4. The van der Waals surface area contributed by atoms with Crippen LogP contribution in [0.2, 0.25) is 0 Å². The van der Waals surface area contributed by atoms with Crippen molar-refractivity contribution in [2.75, 3.05) is 12.4 Å². The Labute approximate surface area is 145 Å². The summed E-state index contributed by atoms with van der Waals surface area (Å²) in [6.07, 6.45) is 4.82. The first-order valence-corrected chi connectivity index (χ1v) is 7.49. The van der Waals surface area contributed by atoms with Crippen LogP contribution in [0, 0.1) is 0 Å². The number of nitrogens with one attached hydrogen (secondary N) is 2. The van der Waals surface area contributed by atoms with Crippen molar-refractivity contribution in [2.45, 2.75) is 6.54 Å². The summed E-state index contributed by atoms with van der Waals surface area (Å²) in [4.78, 5) is 26.5. The molecule has 0 saturated carbocycles. The Morgan fingerprint density at radius 3 is 2.71 bits per heavy atom. The van der Waals surface area contributed by atoms with Gasteiger partial charge in [-0.1, -0.05) is 18.2 Å². The molecule has 24 heavy (non-hydrogen) atoms. The number of aromatic amines is 1. The summed E-state index contributed by atoms with van der Waals surface area (Å²) in [5, 5.41) is 2.98. The third kappa shape index (κ3) is 5.81. The molecule has 0 radical (unpaired) electrons. The normalized spacial score (nSPS) is 9.96. The highest BCUT2D eigenvalue weighted by molar-refractivity contribution is 6.25. The van der Waals surface area contributed by atoms with Crippen molar-refractivity contribution in [3.63, 3.8) is 0 Å². The highest BCUT2D eigenvalue weighted by atomic mass is 35.5. The first kappa shape index (κ1) is 19.3. The number of H-pyrrole nitrogens is 1. The predicted octanol–water partition coefficient (Wildman–Crippen LogP) is 2.67. The summed E-state index contributed by atoms with van der Waals surface area (Å²) in [7, 11) is 3.21. The van der Waals surface area contributed by atoms with Crippen molar-refractivity contribution in [3.8, 4) is 0 Å². The lowest BCUT2D eigenvalue weighted by molar-refractivity contribution is 0.341. The Morgan fingerprint density at radius 1 is 1.38 bits per heavy atom. The zero-order chi connectivity index (χ0) is 17.9. The van der Waals surface area contributed by atoms with Gasteiger partial charge < -0.3 is 19.6 Å². The first-order chi connectivity index (χ1) is 11.5. The van der Waals surface area contributed by atoms with Crippen LogP contribution >= 0.6 is 11.6 Å². The van der Waals surface area contributed by atoms with Crippen LogP contribution in [0.15, 0.2) is 58.4 Å². The number of nitrogens with zero attached hydrogens (tertiary/aromatic N) is 1. The minimum atomic E-state index is -0.200. The van der Waals surface area contributed by atoms with E-state index in [1.165, 1.54) is 23.5 Å². The number of aromatic nitrogens is 2. The van der Waals surface area contributed by atoms with E-state index in [2.05, 4.69) is 16.9 Å². The van der Waals surface area contributed by atoms with Gasteiger partial charge in [-0.15, -0.1) is 0 Å². The summed E-state index contributed by atoms with van der Waals surface area (Å²) in [5.74, 6) is 0. The maximum Gasteiger partial charge on any atom is 0.273 e. The molecule has 0 saturated heterocycles. The molecular formula is C17H20ClN3O3. The van der Waals surface area contributed by atoms with E-state index in [9.17, 15) is 9.59 Å². The van der Waals surface area contributed by atoms with Gasteiger partial charge in [0.1, 0.15) is 5.69 Å². The number of ether oxygens (including phenoxy) is 1. The molecule has 2 heterocycles. The number of aryl methyl sites for hydroxylation is 1. The maximum absolute atomic E-state index is 11.9. The average molecular weight is 350 g/mol. The van der Waals surface area contributed by atoms with E-state index in [-0.39, 0.29) is 17.7 Å². The minimum absolute atomic E-state index is 0.131. The molecule has 0 aliphatic rings. The molecule has 0 unspecified atom stereocenters. The summed E-state index contributed by atoms with van der Waals surface area (Å²) in [6.45, 7) is 3.41. The van der Waals surface area contributed by atoms with Gasteiger partial charge >= 0.3 is 0 Å². The van der Waals surface area contributed by atoms with E-state index in [4.69, 9.17) is 16.3 Å². The van der Waals surface area contributed by atoms with Gasteiger partial charge in [0.15, 0.2) is 0 Å². The summed E-state index contributed by atoms with van der Waals surface area (Å²) < 4.78 is 6.27. The molecule has 6 nitrogen and oxygen atoms in total. The molecule has 0 amide bonds. The Kier molecular flexibility index (Phi) is 8.15. The Balaban J connectivity index is 0.000000891. The summed E-state index contributed by atoms with van der Waals surface area (Å²) in [6, 6.07) is 6.95. The van der Waals surface area contributed by atoms with E-state index in [1.807, 2.05) is 0 Å². The van der Waals surface area contributed by atoms with Crippen LogP contribution in [0.4, 0.5) is 5.69 Å². The van der Waals surface area contributed by atoms with Crippen molar-refractivity contribution in [2.24, 2.45) is 7.05 Å². The second kappa shape index (κ2) is 10.1. The molecule has 7 heteroatoms. The lowest BCUT2D eigenvalue weighted by Gasteiger charge is -2.07. The average Bonchev–Trinajstić information content (AvgIpc) is 2.56. The van der Waals surface area contributed by atoms with Crippen molar-refractivity contribution in [3.05, 3.63) is 80.8 Å². The van der Waals surface area contributed by atoms with Crippen molar-refractivity contribution < 1.29 is 4.74 Å². The molecular weight excluding hydrogens is 330 g/mol. The molecule has 0 aliphatic carbocycles. The number of rotatable bonds is 5. The number of hydrogen-bond donors (Lipinski definition) is 2. The molecule has 0 aromatic carbocycles. The highest BCUT2D eigenvalue weighted by Gasteiger charge is 2.03. The van der Waals surface area contributed by atoms with Gasteiger partial charge in [-0.25, -0.2) is 0 Å². The van der Waals surface area contributed by atoms with Crippen molar-refractivity contribution in [1.82, 2.24) is 9.55 Å². The fourth-order valence-electron chi connectivity index (χ4n) is 1.82. The minimum Gasteiger partial charge on any atom is -0.504 e. The fourth-order valence-corrected chi connectivity index (χ4v) is 1.82. The number of halogens is 1.